The van der Waals surface area contributed by atoms with E-state index in [9.17, 15) is 4.79 Å². The molecule has 0 unspecified atom stereocenters. The molecule has 0 radical (unpaired) electrons. The fraction of sp³-hybridized carbons (Fsp3) is 0.353. The van der Waals surface area contributed by atoms with Gasteiger partial charge in [0.25, 0.3) is 5.91 Å². The van der Waals surface area contributed by atoms with Crippen LogP contribution in [0.5, 0.6) is 0 Å². The Morgan fingerprint density at radius 3 is 2.88 bits per heavy atom. The molecule has 1 saturated heterocycles. The molecule has 4 heterocycles. The average molecular weight is 338 g/mol. The van der Waals surface area contributed by atoms with Crippen LogP contribution in [-0.2, 0) is 4.74 Å². The minimum absolute atomic E-state index is 0.105. The van der Waals surface area contributed by atoms with Gasteiger partial charge >= 0.3 is 0 Å². The molecule has 0 N–H and O–H groups in total. The molecule has 0 saturated carbocycles. The third-order valence-corrected chi connectivity index (χ3v) is 4.15. The van der Waals surface area contributed by atoms with Crippen LogP contribution < -0.4 is 0 Å². The topological polar surface area (TPSA) is 85.5 Å². The minimum Gasteiger partial charge on any atom is -0.367 e. The average Bonchev–Trinajstić information content (AvgIpc) is 3.04. The highest BCUT2D eigenvalue weighted by Gasteiger charge is 2.29. The van der Waals surface area contributed by atoms with Gasteiger partial charge in [-0.1, -0.05) is 0 Å². The Kier molecular flexibility index (Phi) is 3.89. The Labute approximate surface area is 144 Å². The van der Waals surface area contributed by atoms with Crippen LogP contribution in [-0.4, -0.2) is 55.1 Å². The number of amides is 1. The molecule has 1 amide bonds. The summed E-state index contributed by atoms with van der Waals surface area (Å²) in [6.07, 6.45) is 4.65. The number of carbonyl (C=O) groups is 1. The molecule has 1 atom stereocenters. The Morgan fingerprint density at radius 1 is 1.28 bits per heavy atom. The van der Waals surface area contributed by atoms with E-state index in [-0.39, 0.29) is 12.0 Å². The van der Waals surface area contributed by atoms with Crippen LogP contribution in [0, 0.1) is 13.8 Å². The van der Waals surface area contributed by atoms with Crippen LogP contribution in [0.1, 0.15) is 33.7 Å². The number of hydrogen-bond acceptors (Lipinski definition) is 6. The number of rotatable bonds is 2. The maximum Gasteiger partial charge on any atom is 0.259 e. The van der Waals surface area contributed by atoms with E-state index in [4.69, 9.17) is 4.74 Å². The first-order valence-corrected chi connectivity index (χ1v) is 8.13. The maximum atomic E-state index is 12.9. The van der Waals surface area contributed by atoms with Crippen LogP contribution in [0.2, 0.25) is 0 Å². The van der Waals surface area contributed by atoms with Gasteiger partial charge in [0, 0.05) is 30.3 Å². The number of fused-ring (bicyclic) bond motifs is 1. The number of carbonyl (C=O) groups excluding carboxylic acids is 1. The van der Waals surface area contributed by atoms with Gasteiger partial charge < -0.3 is 9.64 Å². The Balaban J connectivity index is 1.59. The summed E-state index contributed by atoms with van der Waals surface area (Å²) in [5.41, 5.74) is 2.82. The van der Waals surface area contributed by atoms with Crippen LogP contribution in [0.3, 0.4) is 0 Å². The van der Waals surface area contributed by atoms with Gasteiger partial charge in [-0.15, -0.1) is 0 Å². The zero-order valence-electron chi connectivity index (χ0n) is 14.1. The molecule has 128 valence electrons. The van der Waals surface area contributed by atoms with Crippen LogP contribution in [0.15, 0.2) is 30.7 Å². The number of ether oxygens (including phenoxy) is 1. The first-order valence-electron chi connectivity index (χ1n) is 8.13. The summed E-state index contributed by atoms with van der Waals surface area (Å²) in [6, 6.07) is 3.69. The molecule has 8 nitrogen and oxygen atoms in total. The molecule has 4 rings (SSSR count). The second kappa shape index (κ2) is 6.21. The summed E-state index contributed by atoms with van der Waals surface area (Å²) in [7, 11) is 0. The van der Waals surface area contributed by atoms with E-state index in [1.54, 1.807) is 34.1 Å². The molecular formula is C17H18N6O2. The second-order valence-corrected chi connectivity index (χ2v) is 6.07. The third-order valence-electron chi connectivity index (χ3n) is 4.15. The first kappa shape index (κ1) is 15.6. The van der Waals surface area contributed by atoms with Crippen LogP contribution in [0.4, 0.5) is 0 Å². The summed E-state index contributed by atoms with van der Waals surface area (Å²) in [6.45, 7) is 5.22. The summed E-state index contributed by atoms with van der Waals surface area (Å²) >= 11 is 0. The van der Waals surface area contributed by atoms with E-state index in [1.165, 1.54) is 0 Å². The van der Waals surface area contributed by atoms with Crippen molar-refractivity contribution in [1.82, 2.24) is 29.5 Å². The van der Waals surface area contributed by atoms with E-state index in [1.807, 2.05) is 19.9 Å². The van der Waals surface area contributed by atoms with Crippen molar-refractivity contribution in [3.05, 3.63) is 53.5 Å². The summed E-state index contributed by atoms with van der Waals surface area (Å²) < 4.78 is 7.40. The van der Waals surface area contributed by atoms with Crippen molar-refractivity contribution in [3.63, 3.8) is 0 Å². The normalized spacial score (nSPS) is 17.8. The highest BCUT2D eigenvalue weighted by Crippen LogP contribution is 2.22. The number of aryl methyl sites for hydroxylation is 2. The SMILES string of the molecule is Cc1cc(C)nc([C@H]2CN(C(=O)c3cnn4cccnc34)CCO2)n1. The van der Waals surface area contributed by atoms with Gasteiger partial charge in [-0.25, -0.2) is 19.5 Å². The van der Waals surface area contributed by atoms with Gasteiger partial charge in [-0.05, 0) is 26.0 Å². The van der Waals surface area contributed by atoms with Crippen molar-refractivity contribution in [1.29, 1.82) is 0 Å². The molecular weight excluding hydrogens is 320 g/mol. The fourth-order valence-corrected chi connectivity index (χ4v) is 3.04. The van der Waals surface area contributed by atoms with Crippen molar-refractivity contribution in [2.24, 2.45) is 0 Å². The van der Waals surface area contributed by atoms with E-state index in [0.717, 1.165) is 11.4 Å². The predicted octanol–water partition coefficient (Wildman–Crippen LogP) is 1.35. The molecule has 25 heavy (non-hydrogen) atoms. The Morgan fingerprint density at radius 2 is 2.08 bits per heavy atom. The number of morpholine rings is 1. The number of aromatic nitrogens is 5. The zero-order valence-corrected chi connectivity index (χ0v) is 14.1. The van der Waals surface area contributed by atoms with Crippen molar-refractivity contribution >= 4 is 11.6 Å². The lowest BCUT2D eigenvalue weighted by Gasteiger charge is -2.32. The van der Waals surface area contributed by atoms with E-state index >= 15 is 0 Å². The lowest BCUT2D eigenvalue weighted by Crippen LogP contribution is -2.42. The molecule has 3 aromatic heterocycles. The minimum atomic E-state index is -0.328. The van der Waals surface area contributed by atoms with Crippen molar-refractivity contribution in [3.8, 4) is 0 Å². The standard InChI is InChI=1S/C17H18N6O2/c1-11-8-12(2)21-15(20-11)14-10-22(6-7-25-14)17(24)13-9-19-23-5-3-4-18-16(13)23/h3-5,8-9,14H,6-7,10H2,1-2H3/t14-/m1/s1. The molecule has 0 bridgehead atoms. The zero-order chi connectivity index (χ0) is 17.4. The molecule has 0 aliphatic carbocycles. The lowest BCUT2D eigenvalue weighted by molar-refractivity contribution is -0.0268. The van der Waals surface area contributed by atoms with Crippen molar-refractivity contribution in [2.45, 2.75) is 20.0 Å². The molecule has 1 aliphatic heterocycles. The molecule has 3 aromatic rings. The molecule has 0 spiro atoms. The summed E-state index contributed by atoms with van der Waals surface area (Å²) in [5.74, 6) is 0.513. The maximum absolute atomic E-state index is 12.9. The summed E-state index contributed by atoms with van der Waals surface area (Å²) in [4.78, 5) is 27.8. The highest BCUT2D eigenvalue weighted by atomic mass is 16.5. The van der Waals surface area contributed by atoms with Crippen molar-refractivity contribution < 1.29 is 9.53 Å². The monoisotopic (exact) mass is 338 g/mol. The van der Waals surface area contributed by atoms with E-state index < -0.39 is 0 Å². The number of hydrogen-bond donors (Lipinski definition) is 0. The molecule has 8 heteroatoms. The quantitative estimate of drug-likeness (QED) is 0.701. The van der Waals surface area contributed by atoms with Crippen LogP contribution >= 0.6 is 0 Å². The first-order chi connectivity index (χ1) is 12.1. The van der Waals surface area contributed by atoms with Crippen LogP contribution in [0.25, 0.3) is 5.65 Å². The van der Waals surface area contributed by atoms with E-state index in [0.29, 0.717) is 36.7 Å². The van der Waals surface area contributed by atoms with Gasteiger partial charge in [0.05, 0.1) is 19.3 Å². The molecule has 1 aliphatic rings. The van der Waals surface area contributed by atoms with Crippen molar-refractivity contribution in [2.75, 3.05) is 19.7 Å². The number of nitrogens with zero attached hydrogens (tertiary/aromatic N) is 6. The second-order valence-electron chi connectivity index (χ2n) is 6.07. The van der Waals surface area contributed by atoms with Gasteiger partial charge in [0.1, 0.15) is 11.7 Å². The Hall–Kier alpha value is -2.87. The smallest absolute Gasteiger partial charge is 0.259 e. The van der Waals surface area contributed by atoms with Gasteiger partial charge in [0.15, 0.2) is 11.5 Å². The third kappa shape index (κ3) is 2.96. The predicted molar refractivity (Wildman–Crippen MR) is 89.1 cm³/mol. The Bertz CT molecular complexity index is 918. The van der Waals surface area contributed by atoms with Gasteiger partial charge in [-0.2, -0.15) is 5.10 Å². The largest absolute Gasteiger partial charge is 0.367 e. The van der Waals surface area contributed by atoms with Gasteiger partial charge in [0.2, 0.25) is 0 Å². The summed E-state index contributed by atoms with van der Waals surface area (Å²) in [5, 5.41) is 4.19. The van der Waals surface area contributed by atoms with Gasteiger partial charge in [-0.3, -0.25) is 4.79 Å². The van der Waals surface area contributed by atoms with E-state index in [2.05, 4.69) is 20.1 Å². The fourth-order valence-electron chi connectivity index (χ4n) is 3.04. The molecule has 1 fully saturated rings. The lowest BCUT2D eigenvalue weighted by atomic mass is 10.2. The molecule has 0 aromatic carbocycles. The highest BCUT2D eigenvalue weighted by molar-refractivity contribution is 5.99.